The van der Waals surface area contributed by atoms with E-state index in [-0.39, 0.29) is 29.9 Å². The highest BCUT2D eigenvalue weighted by atomic mass is 32.2. The second-order valence-electron chi connectivity index (χ2n) is 5.79. The van der Waals surface area contributed by atoms with Crippen LogP contribution < -0.4 is 5.32 Å². The van der Waals surface area contributed by atoms with E-state index in [0.29, 0.717) is 6.42 Å². The zero-order chi connectivity index (χ0) is 18.9. The van der Waals surface area contributed by atoms with Crippen LogP contribution in [0.3, 0.4) is 0 Å². The summed E-state index contributed by atoms with van der Waals surface area (Å²) in [7, 11) is 1.56. The molecule has 1 atom stereocenters. The summed E-state index contributed by atoms with van der Waals surface area (Å²) in [4.78, 5) is 27.7. The van der Waals surface area contributed by atoms with E-state index in [1.54, 1.807) is 24.1 Å². The fourth-order valence-corrected chi connectivity index (χ4v) is 3.42. The van der Waals surface area contributed by atoms with Crippen LogP contribution in [-0.4, -0.2) is 35.6 Å². The van der Waals surface area contributed by atoms with Crippen LogP contribution in [0.5, 0.6) is 0 Å². The number of hydrogen-bond donors (Lipinski definition) is 1. The van der Waals surface area contributed by atoms with Gasteiger partial charge in [0.15, 0.2) is 0 Å². The first-order chi connectivity index (χ1) is 12.5. The van der Waals surface area contributed by atoms with E-state index in [1.807, 2.05) is 37.3 Å². The van der Waals surface area contributed by atoms with Gasteiger partial charge in [0.2, 0.25) is 11.8 Å². The SMILES string of the molecule is CC[C@H](C(=O)NC)N(Cc1ccc(F)cc1)C(=O)CSc1ccccc1. The number of nitrogens with zero attached hydrogens (tertiary/aromatic N) is 1. The van der Waals surface area contributed by atoms with Gasteiger partial charge in [-0.2, -0.15) is 0 Å². The van der Waals surface area contributed by atoms with Crippen LogP contribution in [0.15, 0.2) is 59.5 Å². The number of thioether (sulfide) groups is 1. The van der Waals surface area contributed by atoms with Crippen LogP contribution in [0.2, 0.25) is 0 Å². The molecule has 0 bridgehead atoms. The number of carbonyl (C=O) groups is 2. The molecule has 0 fully saturated rings. The molecular weight excluding hydrogens is 351 g/mol. The van der Waals surface area contributed by atoms with Gasteiger partial charge >= 0.3 is 0 Å². The summed E-state index contributed by atoms with van der Waals surface area (Å²) in [6.07, 6.45) is 0.503. The van der Waals surface area contributed by atoms with Gasteiger partial charge < -0.3 is 10.2 Å². The van der Waals surface area contributed by atoms with E-state index >= 15 is 0 Å². The fourth-order valence-electron chi connectivity index (χ4n) is 2.62. The van der Waals surface area contributed by atoms with Crippen molar-refractivity contribution in [3.05, 3.63) is 66.0 Å². The highest BCUT2D eigenvalue weighted by Gasteiger charge is 2.27. The molecule has 0 saturated heterocycles. The minimum atomic E-state index is -0.561. The maximum atomic E-state index is 13.2. The molecule has 0 aliphatic carbocycles. The molecule has 0 spiro atoms. The van der Waals surface area contributed by atoms with Gasteiger partial charge in [-0.15, -0.1) is 11.8 Å². The van der Waals surface area contributed by atoms with Crippen molar-refractivity contribution >= 4 is 23.6 Å². The van der Waals surface area contributed by atoms with Gasteiger partial charge in [-0.1, -0.05) is 37.3 Å². The summed E-state index contributed by atoms with van der Waals surface area (Å²) in [5, 5.41) is 2.62. The summed E-state index contributed by atoms with van der Waals surface area (Å²) < 4.78 is 13.2. The van der Waals surface area contributed by atoms with Crippen molar-refractivity contribution in [1.29, 1.82) is 0 Å². The third-order valence-corrected chi connectivity index (χ3v) is 5.00. The topological polar surface area (TPSA) is 49.4 Å². The number of likely N-dealkylation sites (N-methyl/N-ethyl adjacent to an activating group) is 1. The monoisotopic (exact) mass is 374 g/mol. The number of hydrogen-bond acceptors (Lipinski definition) is 3. The average Bonchev–Trinajstić information content (AvgIpc) is 2.68. The zero-order valence-electron chi connectivity index (χ0n) is 14.9. The Morgan fingerprint density at radius 3 is 2.35 bits per heavy atom. The molecule has 2 aromatic carbocycles. The van der Waals surface area contributed by atoms with E-state index in [2.05, 4.69) is 5.32 Å². The standard InChI is InChI=1S/C20H23FN2O2S/c1-3-18(20(25)22-2)23(13-15-9-11-16(21)12-10-15)19(24)14-26-17-7-5-4-6-8-17/h4-12,18H,3,13-14H2,1-2H3,(H,22,25)/t18-/m1/s1. The van der Waals surface area contributed by atoms with Crippen molar-refractivity contribution in [1.82, 2.24) is 10.2 Å². The first-order valence-corrected chi connectivity index (χ1v) is 9.47. The Kier molecular flexibility index (Phi) is 7.66. The van der Waals surface area contributed by atoms with E-state index in [0.717, 1.165) is 10.5 Å². The minimum absolute atomic E-state index is 0.126. The van der Waals surface area contributed by atoms with Crippen molar-refractivity contribution < 1.29 is 14.0 Å². The Morgan fingerprint density at radius 2 is 1.77 bits per heavy atom. The maximum Gasteiger partial charge on any atom is 0.242 e. The number of carbonyl (C=O) groups excluding carboxylic acids is 2. The van der Waals surface area contributed by atoms with E-state index < -0.39 is 6.04 Å². The molecule has 6 heteroatoms. The molecule has 4 nitrogen and oxygen atoms in total. The Bertz CT molecular complexity index is 722. The lowest BCUT2D eigenvalue weighted by Gasteiger charge is -2.30. The molecule has 2 rings (SSSR count). The third-order valence-electron chi connectivity index (χ3n) is 4.00. The molecule has 1 N–H and O–H groups in total. The molecule has 0 radical (unpaired) electrons. The molecule has 138 valence electrons. The van der Waals surface area contributed by atoms with Crippen LogP contribution in [0.1, 0.15) is 18.9 Å². The number of rotatable bonds is 8. The molecule has 0 aliphatic rings. The minimum Gasteiger partial charge on any atom is -0.357 e. The van der Waals surface area contributed by atoms with Gasteiger partial charge in [0.25, 0.3) is 0 Å². The summed E-state index contributed by atoms with van der Waals surface area (Å²) in [6.45, 7) is 2.13. The summed E-state index contributed by atoms with van der Waals surface area (Å²) in [5.74, 6) is -0.422. The fraction of sp³-hybridized carbons (Fsp3) is 0.300. The second kappa shape index (κ2) is 9.97. The molecule has 0 heterocycles. The first-order valence-electron chi connectivity index (χ1n) is 8.48. The van der Waals surface area contributed by atoms with Gasteiger partial charge in [0.1, 0.15) is 11.9 Å². The van der Waals surface area contributed by atoms with Gasteiger partial charge in [0, 0.05) is 18.5 Å². The Hall–Kier alpha value is -2.34. The van der Waals surface area contributed by atoms with Gasteiger partial charge in [-0.3, -0.25) is 9.59 Å². The second-order valence-corrected chi connectivity index (χ2v) is 6.84. The number of benzene rings is 2. The molecule has 26 heavy (non-hydrogen) atoms. The zero-order valence-corrected chi connectivity index (χ0v) is 15.8. The normalized spacial score (nSPS) is 11.7. The lowest BCUT2D eigenvalue weighted by atomic mass is 10.1. The maximum absolute atomic E-state index is 13.2. The summed E-state index contributed by atoms with van der Waals surface area (Å²) >= 11 is 1.43. The molecule has 2 aromatic rings. The summed E-state index contributed by atoms with van der Waals surface area (Å²) in [6, 6.07) is 15.1. The molecular formula is C20H23FN2O2S. The van der Waals surface area contributed by atoms with Crippen LogP contribution in [0.4, 0.5) is 4.39 Å². The van der Waals surface area contributed by atoms with Gasteiger partial charge in [-0.05, 0) is 36.2 Å². The van der Waals surface area contributed by atoms with Gasteiger partial charge in [-0.25, -0.2) is 4.39 Å². The Morgan fingerprint density at radius 1 is 1.12 bits per heavy atom. The largest absolute Gasteiger partial charge is 0.357 e. The van der Waals surface area contributed by atoms with Crippen molar-refractivity contribution in [3.8, 4) is 0 Å². The number of nitrogens with one attached hydrogen (secondary N) is 1. The molecule has 0 saturated carbocycles. The number of halogens is 1. The lowest BCUT2D eigenvalue weighted by molar-refractivity contribution is -0.139. The highest BCUT2D eigenvalue weighted by Crippen LogP contribution is 2.20. The van der Waals surface area contributed by atoms with Crippen LogP contribution in [0, 0.1) is 5.82 Å². The van der Waals surface area contributed by atoms with Crippen molar-refractivity contribution in [3.63, 3.8) is 0 Å². The third kappa shape index (κ3) is 5.59. The summed E-state index contributed by atoms with van der Waals surface area (Å²) in [5.41, 5.74) is 0.784. The van der Waals surface area contributed by atoms with Crippen LogP contribution in [-0.2, 0) is 16.1 Å². The van der Waals surface area contributed by atoms with E-state index in [4.69, 9.17) is 0 Å². The van der Waals surface area contributed by atoms with Crippen molar-refractivity contribution in [2.45, 2.75) is 30.8 Å². The number of amides is 2. The highest BCUT2D eigenvalue weighted by molar-refractivity contribution is 8.00. The van der Waals surface area contributed by atoms with E-state index in [9.17, 15) is 14.0 Å². The van der Waals surface area contributed by atoms with Gasteiger partial charge in [0.05, 0.1) is 5.75 Å². The Balaban J connectivity index is 2.16. The molecule has 2 amide bonds. The smallest absolute Gasteiger partial charge is 0.242 e. The van der Waals surface area contributed by atoms with Crippen LogP contribution in [0.25, 0.3) is 0 Å². The van der Waals surface area contributed by atoms with Crippen molar-refractivity contribution in [2.75, 3.05) is 12.8 Å². The van der Waals surface area contributed by atoms with Crippen LogP contribution >= 0.6 is 11.8 Å². The molecule has 0 unspecified atom stereocenters. The van der Waals surface area contributed by atoms with Crippen molar-refractivity contribution in [2.24, 2.45) is 0 Å². The lowest BCUT2D eigenvalue weighted by Crippen LogP contribution is -2.48. The average molecular weight is 374 g/mol. The first kappa shape index (κ1) is 20.0. The predicted molar refractivity (Wildman–Crippen MR) is 102 cm³/mol. The molecule has 0 aliphatic heterocycles. The quantitative estimate of drug-likeness (QED) is 0.720. The molecule has 0 aromatic heterocycles. The van der Waals surface area contributed by atoms with E-state index in [1.165, 1.54) is 23.9 Å². The Labute approximate surface area is 157 Å². The predicted octanol–water partition coefficient (Wildman–Crippen LogP) is 3.47.